The van der Waals surface area contributed by atoms with Crippen LogP contribution in [0, 0.1) is 0 Å². The van der Waals surface area contributed by atoms with E-state index in [0.717, 1.165) is 33.8 Å². The molecule has 1 aliphatic rings. The summed E-state index contributed by atoms with van der Waals surface area (Å²) < 4.78 is 4.62. The molecule has 0 spiro atoms. The molecule has 0 aliphatic carbocycles. The fourth-order valence-corrected chi connectivity index (χ4v) is 16.0. The number of hydrogen-bond acceptors (Lipinski definition) is 3. The summed E-state index contributed by atoms with van der Waals surface area (Å²) in [5.74, 6) is 1.88. The number of nitrogens with zero attached hydrogens (tertiary/aromatic N) is 4. The number of hydrogen-bond donors (Lipinski definition) is 0. The summed E-state index contributed by atoms with van der Waals surface area (Å²) in [6, 6.07) is 67.2. The van der Waals surface area contributed by atoms with E-state index in [0.29, 0.717) is 0 Å². The minimum Gasteiger partial charge on any atom is -0.327 e. The van der Waals surface area contributed by atoms with E-state index >= 15 is 0 Å². The third-order valence-corrected chi connectivity index (χ3v) is 18.3. The van der Waals surface area contributed by atoms with Gasteiger partial charge in [0.25, 0.3) is 0 Å². The number of rotatable bonds is 6. The molecule has 7 aromatic carbocycles. The Morgan fingerprint density at radius 3 is 2.00 bits per heavy atom. The summed E-state index contributed by atoms with van der Waals surface area (Å²) in [5, 5.41) is 7.82. The highest BCUT2D eigenvalue weighted by atomic mass is 32.2. The first-order valence-electron chi connectivity index (χ1n) is 19.9. The van der Waals surface area contributed by atoms with Gasteiger partial charge in [0.2, 0.25) is 0 Å². The van der Waals surface area contributed by atoms with Gasteiger partial charge < -0.3 is 4.57 Å². The van der Waals surface area contributed by atoms with Crippen LogP contribution in [0.15, 0.2) is 198 Å². The van der Waals surface area contributed by atoms with Crippen molar-refractivity contribution in [2.75, 3.05) is 0 Å². The van der Waals surface area contributed by atoms with Crippen LogP contribution in [-0.2, 0) is 12.5 Å². The molecule has 1 aliphatic heterocycles. The van der Waals surface area contributed by atoms with Gasteiger partial charge in [0.1, 0.15) is 11.6 Å². The zero-order chi connectivity index (χ0) is 39.0. The lowest BCUT2D eigenvalue weighted by atomic mass is 9.76. The first-order valence-corrected chi connectivity index (χ1v) is 22.7. The quantitative estimate of drug-likeness (QED) is 0.125. The highest BCUT2D eigenvalue weighted by molar-refractivity contribution is 7.99. The van der Waals surface area contributed by atoms with Crippen molar-refractivity contribution in [2.45, 2.75) is 29.1 Å². The van der Waals surface area contributed by atoms with Crippen molar-refractivity contribution in [1.82, 2.24) is 19.1 Å². The molecule has 0 atom stereocenters. The first-order chi connectivity index (χ1) is 28.4. The van der Waals surface area contributed by atoms with Gasteiger partial charge in [-0.1, -0.05) is 159 Å². The molecule has 6 heteroatoms. The van der Waals surface area contributed by atoms with Gasteiger partial charge in [0.05, 0.1) is 22.1 Å². The van der Waals surface area contributed by atoms with Crippen LogP contribution in [0.5, 0.6) is 0 Å². The maximum atomic E-state index is 5.16. The number of para-hydroxylation sites is 2. The number of fused-ring (bicyclic) bond motifs is 7. The first kappa shape index (κ1) is 34.7. The number of pyridine rings is 1. The average Bonchev–Trinajstić information content (AvgIpc) is 3.79. The van der Waals surface area contributed by atoms with Crippen LogP contribution in [0.3, 0.4) is 0 Å². The van der Waals surface area contributed by atoms with Crippen LogP contribution in [0.2, 0.25) is 0 Å². The Morgan fingerprint density at radius 1 is 0.552 bits per heavy atom. The van der Waals surface area contributed by atoms with E-state index in [4.69, 9.17) is 9.97 Å². The molecule has 4 nitrogen and oxygen atoms in total. The molecule has 0 amide bonds. The van der Waals surface area contributed by atoms with Gasteiger partial charge in [-0.25, -0.2) is 9.97 Å². The van der Waals surface area contributed by atoms with E-state index in [-0.39, 0.29) is 5.41 Å². The van der Waals surface area contributed by atoms with E-state index in [2.05, 4.69) is 206 Å². The van der Waals surface area contributed by atoms with Crippen LogP contribution in [-0.4, -0.2) is 27.2 Å². The molecule has 0 fully saturated rings. The second kappa shape index (κ2) is 13.3. The lowest BCUT2D eigenvalue weighted by Crippen LogP contribution is -2.74. The smallest absolute Gasteiger partial charge is 0.179 e. The lowest BCUT2D eigenvalue weighted by Gasteiger charge is -2.35. The molecule has 0 saturated carbocycles. The third-order valence-electron chi connectivity index (χ3n) is 12.4. The van der Waals surface area contributed by atoms with Crippen LogP contribution in [0.1, 0.15) is 25.0 Å². The van der Waals surface area contributed by atoms with Gasteiger partial charge in [-0.3, -0.25) is 4.57 Å². The molecule has 0 N–H and O–H groups in total. The second-order valence-corrected chi connectivity index (χ2v) is 20.8. The fourth-order valence-electron chi connectivity index (χ4n) is 9.76. The van der Waals surface area contributed by atoms with E-state index in [9.17, 15) is 0 Å². The largest absolute Gasteiger partial charge is 0.327 e. The Morgan fingerprint density at radius 2 is 1.24 bits per heavy atom. The molecule has 0 unspecified atom stereocenters. The molecule has 0 bridgehead atoms. The maximum Gasteiger partial charge on any atom is 0.179 e. The number of aryl methyl sites for hydroxylation is 1. The highest BCUT2D eigenvalue weighted by Gasteiger charge is 2.43. The highest BCUT2D eigenvalue weighted by Crippen LogP contribution is 2.53. The van der Waals surface area contributed by atoms with Gasteiger partial charge in [-0.05, 0) is 80.4 Å². The van der Waals surface area contributed by atoms with Crippen molar-refractivity contribution >= 4 is 73.4 Å². The van der Waals surface area contributed by atoms with Crippen LogP contribution in [0.25, 0.3) is 50.0 Å². The second-order valence-electron chi connectivity index (χ2n) is 15.9. The molecule has 10 aromatic rings. The van der Waals surface area contributed by atoms with Crippen molar-refractivity contribution in [3.63, 3.8) is 0 Å². The Hall–Kier alpha value is -6.47. The summed E-state index contributed by atoms with van der Waals surface area (Å²) in [6.45, 7) is 4.78. The fraction of sp³-hybridized carbons (Fsp3) is 0.0769. The minimum absolute atomic E-state index is 0.207. The number of benzene rings is 7. The van der Waals surface area contributed by atoms with Crippen LogP contribution >= 0.6 is 11.8 Å². The van der Waals surface area contributed by atoms with Crippen molar-refractivity contribution in [1.29, 1.82) is 0 Å². The number of imidazole rings is 1. The Balaban J connectivity index is 1.24. The minimum atomic E-state index is -2.99. The van der Waals surface area contributed by atoms with Gasteiger partial charge in [0, 0.05) is 44.8 Å². The lowest BCUT2D eigenvalue weighted by molar-refractivity contribution is 0.614. The van der Waals surface area contributed by atoms with Gasteiger partial charge >= 0.3 is 0 Å². The monoisotopic (exact) mass is 780 g/mol. The zero-order valence-electron chi connectivity index (χ0n) is 32.6. The predicted molar refractivity (Wildman–Crippen MR) is 245 cm³/mol. The summed E-state index contributed by atoms with van der Waals surface area (Å²) in [5.41, 5.74) is 8.11. The third kappa shape index (κ3) is 5.08. The van der Waals surface area contributed by atoms with Gasteiger partial charge in [-0.2, -0.15) is 0 Å². The van der Waals surface area contributed by atoms with Crippen molar-refractivity contribution in [3.8, 4) is 17.2 Å². The van der Waals surface area contributed by atoms with E-state index in [1.165, 1.54) is 58.0 Å². The topological polar surface area (TPSA) is 35.6 Å². The average molecular weight is 781 g/mol. The van der Waals surface area contributed by atoms with E-state index in [1.807, 2.05) is 24.0 Å². The predicted octanol–water partition coefficient (Wildman–Crippen LogP) is 9.90. The standard InChI is InChI=1S/C52H40N4SSi/c1-52(2)41-23-10-13-26-46(41)57-47-31-30-44-49(50(47)52)40-29-28-39(34-45(40)56(44)48-27-14-15-32-53-48)58(36-18-6-4-7-19-36,37-20-8-5-9-21-37)38-22-16-17-35(33-38)51-54-42-24-11-12-25-43(42)55(51)3/h4-34H,1-3H3. The molecule has 0 saturated heterocycles. The summed E-state index contributed by atoms with van der Waals surface area (Å²) in [4.78, 5) is 12.8. The van der Waals surface area contributed by atoms with Crippen molar-refractivity contribution in [2.24, 2.45) is 7.05 Å². The molecular formula is C52H40N4SSi. The van der Waals surface area contributed by atoms with Gasteiger partial charge in [-0.15, -0.1) is 0 Å². The molecule has 3 aromatic heterocycles. The van der Waals surface area contributed by atoms with Crippen molar-refractivity contribution < 1.29 is 0 Å². The molecule has 0 radical (unpaired) electrons. The van der Waals surface area contributed by atoms with E-state index < -0.39 is 8.07 Å². The summed E-state index contributed by atoms with van der Waals surface area (Å²) in [6.07, 6.45) is 1.91. The Bertz CT molecular complexity index is 3150. The molecule has 11 rings (SSSR count). The summed E-state index contributed by atoms with van der Waals surface area (Å²) >= 11 is 1.89. The maximum absolute atomic E-state index is 5.16. The zero-order valence-corrected chi connectivity index (χ0v) is 34.4. The Kier molecular flexibility index (Phi) is 7.97. The molecular weight excluding hydrogens is 741 g/mol. The molecule has 4 heterocycles. The molecule has 278 valence electrons. The van der Waals surface area contributed by atoms with Crippen LogP contribution < -0.4 is 20.7 Å². The SMILES string of the molecule is Cn1c(-c2cccc([Si](c3ccccc3)(c3ccccc3)c3ccc4c5c6c(ccc5n(-c5ccccn5)c4c3)Sc3ccccc3C6(C)C)c2)nc2ccccc21. The van der Waals surface area contributed by atoms with E-state index in [1.54, 1.807) is 0 Å². The van der Waals surface area contributed by atoms with Crippen LogP contribution in [0.4, 0.5) is 0 Å². The van der Waals surface area contributed by atoms with Crippen molar-refractivity contribution in [3.05, 3.63) is 199 Å². The number of aromatic nitrogens is 4. The summed E-state index contributed by atoms with van der Waals surface area (Å²) in [7, 11) is -0.867. The Labute approximate surface area is 343 Å². The molecule has 58 heavy (non-hydrogen) atoms. The van der Waals surface area contributed by atoms with Gasteiger partial charge in [0.15, 0.2) is 8.07 Å². The normalized spacial score (nSPS) is 13.5.